The minimum atomic E-state index is -1.15. The van der Waals surface area contributed by atoms with Gasteiger partial charge in [-0.25, -0.2) is 4.79 Å². The van der Waals surface area contributed by atoms with Crippen molar-refractivity contribution < 1.29 is 24.5 Å². The molecule has 3 aromatic rings. The van der Waals surface area contributed by atoms with E-state index >= 15 is 0 Å². The molecule has 0 saturated heterocycles. The van der Waals surface area contributed by atoms with E-state index in [1.165, 1.54) is 6.92 Å². The fraction of sp³-hybridized carbons (Fsp3) is 0.286. The molecule has 0 aliphatic heterocycles. The molecule has 0 saturated carbocycles. The number of ether oxygens (including phenoxy) is 1. The molecule has 6 nitrogen and oxygen atoms in total. The molecule has 3 N–H and O–H groups in total. The number of aliphatic hydroxyl groups excluding tert-OH is 2. The Hall–Kier alpha value is -3.48. The standard InChI is InChI=1S/C28H29NO5/c1-18(30)16-19-8-2-3-9-20(19)27(32)26(31)14-15-29-28(33)34-17-25-23-12-6-4-10-21(23)22-11-5-7-13-24(22)25/h2-13,25-27,31-32H,14-17H2,1H3,(H,29,33). The first-order chi connectivity index (χ1) is 16.5. The van der Waals surface area contributed by atoms with E-state index in [2.05, 4.69) is 29.6 Å². The molecule has 3 aromatic carbocycles. The molecule has 1 amide bonds. The van der Waals surface area contributed by atoms with Crippen LogP contribution in [0.5, 0.6) is 0 Å². The lowest BCUT2D eigenvalue weighted by Gasteiger charge is -2.21. The molecular formula is C28H29NO5. The topological polar surface area (TPSA) is 95.9 Å². The van der Waals surface area contributed by atoms with Gasteiger partial charge in [0, 0.05) is 18.9 Å². The van der Waals surface area contributed by atoms with Gasteiger partial charge in [-0.15, -0.1) is 0 Å². The van der Waals surface area contributed by atoms with Crippen molar-refractivity contribution in [3.05, 3.63) is 95.1 Å². The van der Waals surface area contributed by atoms with E-state index in [1.54, 1.807) is 24.3 Å². The van der Waals surface area contributed by atoms with Gasteiger partial charge in [0.1, 0.15) is 18.5 Å². The van der Waals surface area contributed by atoms with Crippen molar-refractivity contribution in [3.63, 3.8) is 0 Å². The second-order valence-corrected chi connectivity index (χ2v) is 8.63. The van der Waals surface area contributed by atoms with Gasteiger partial charge < -0.3 is 20.3 Å². The number of amides is 1. The number of nitrogens with one attached hydrogen (secondary N) is 1. The van der Waals surface area contributed by atoms with Gasteiger partial charge >= 0.3 is 6.09 Å². The molecule has 2 atom stereocenters. The van der Waals surface area contributed by atoms with Crippen molar-refractivity contribution in [2.24, 2.45) is 0 Å². The van der Waals surface area contributed by atoms with Crippen LogP contribution in [-0.2, 0) is 16.0 Å². The molecule has 0 spiro atoms. The summed E-state index contributed by atoms with van der Waals surface area (Å²) in [7, 11) is 0. The number of hydrogen-bond donors (Lipinski definition) is 3. The molecule has 4 rings (SSSR count). The van der Waals surface area contributed by atoms with Crippen LogP contribution in [0.4, 0.5) is 4.79 Å². The summed E-state index contributed by atoms with van der Waals surface area (Å²) in [6, 6.07) is 23.3. The Kier molecular flexibility index (Phi) is 7.40. The van der Waals surface area contributed by atoms with Crippen molar-refractivity contribution in [1.82, 2.24) is 5.32 Å². The molecule has 0 aromatic heterocycles. The Morgan fingerprint density at radius 2 is 1.50 bits per heavy atom. The SMILES string of the molecule is CC(=O)Cc1ccccc1C(O)C(O)CCNC(=O)OCC1c2ccccc2-c2ccccc21. The fourth-order valence-electron chi connectivity index (χ4n) is 4.59. The maximum atomic E-state index is 12.3. The molecule has 0 radical (unpaired) electrons. The number of hydrogen-bond acceptors (Lipinski definition) is 5. The quantitative estimate of drug-likeness (QED) is 0.447. The number of Topliss-reactive ketones (excluding diaryl/α,β-unsaturated/α-hetero) is 1. The van der Waals surface area contributed by atoms with E-state index in [0.717, 1.165) is 22.3 Å². The van der Waals surface area contributed by atoms with Crippen LogP contribution in [0.3, 0.4) is 0 Å². The van der Waals surface area contributed by atoms with Crippen molar-refractivity contribution in [2.45, 2.75) is 37.9 Å². The average molecular weight is 460 g/mol. The van der Waals surface area contributed by atoms with Gasteiger partial charge in [0.15, 0.2) is 0 Å². The summed E-state index contributed by atoms with van der Waals surface area (Å²) in [5.41, 5.74) is 5.81. The van der Waals surface area contributed by atoms with Crippen LogP contribution in [-0.4, -0.2) is 41.3 Å². The number of ketones is 1. The van der Waals surface area contributed by atoms with Gasteiger partial charge in [-0.2, -0.15) is 0 Å². The van der Waals surface area contributed by atoms with Crippen LogP contribution >= 0.6 is 0 Å². The summed E-state index contributed by atoms with van der Waals surface area (Å²) in [5.74, 6) is -0.0469. The lowest BCUT2D eigenvalue weighted by Crippen LogP contribution is -2.31. The van der Waals surface area contributed by atoms with Gasteiger partial charge in [-0.1, -0.05) is 72.8 Å². The number of aliphatic hydroxyl groups is 2. The maximum absolute atomic E-state index is 12.3. The first-order valence-electron chi connectivity index (χ1n) is 11.5. The Labute approximate surface area is 199 Å². The van der Waals surface area contributed by atoms with Crippen LogP contribution in [0.1, 0.15) is 47.6 Å². The largest absolute Gasteiger partial charge is 0.449 e. The van der Waals surface area contributed by atoms with Gasteiger partial charge in [-0.05, 0) is 46.7 Å². The summed E-state index contributed by atoms with van der Waals surface area (Å²) in [5, 5.41) is 23.7. The van der Waals surface area contributed by atoms with E-state index in [-0.39, 0.29) is 37.7 Å². The summed E-state index contributed by atoms with van der Waals surface area (Å²) >= 11 is 0. The third kappa shape index (κ3) is 5.19. The Balaban J connectivity index is 1.29. The monoisotopic (exact) mass is 459 g/mol. The lowest BCUT2D eigenvalue weighted by atomic mass is 9.94. The second kappa shape index (κ2) is 10.6. The minimum Gasteiger partial charge on any atom is -0.449 e. The van der Waals surface area contributed by atoms with Crippen molar-refractivity contribution in [1.29, 1.82) is 0 Å². The number of benzene rings is 3. The number of carbonyl (C=O) groups is 2. The highest BCUT2D eigenvalue weighted by molar-refractivity contribution is 5.79. The number of alkyl carbamates (subject to hydrolysis) is 1. The molecular weight excluding hydrogens is 430 g/mol. The average Bonchev–Trinajstić information content (AvgIpc) is 3.16. The summed E-state index contributed by atoms with van der Waals surface area (Å²) in [6.45, 7) is 1.84. The zero-order chi connectivity index (χ0) is 24.1. The highest BCUT2D eigenvalue weighted by Gasteiger charge is 2.29. The summed E-state index contributed by atoms with van der Waals surface area (Å²) in [6.07, 6.45) is -2.49. The predicted octanol–water partition coefficient (Wildman–Crippen LogP) is 4.14. The van der Waals surface area contributed by atoms with E-state index in [9.17, 15) is 19.8 Å². The molecule has 34 heavy (non-hydrogen) atoms. The summed E-state index contributed by atoms with van der Waals surface area (Å²) in [4.78, 5) is 23.8. The van der Waals surface area contributed by atoms with Gasteiger partial charge in [0.2, 0.25) is 0 Å². The van der Waals surface area contributed by atoms with Crippen molar-refractivity contribution >= 4 is 11.9 Å². The highest BCUT2D eigenvalue weighted by atomic mass is 16.5. The Morgan fingerprint density at radius 3 is 2.15 bits per heavy atom. The van der Waals surface area contributed by atoms with Crippen molar-refractivity contribution in [3.8, 4) is 11.1 Å². The van der Waals surface area contributed by atoms with Crippen LogP contribution in [0, 0.1) is 0 Å². The first-order valence-corrected chi connectivity index (χ1v) is 11.5. The number of carbonyl (C=O) groups excluding carboxylic acids is 2. The maximum Gasteiger partial charge on any atom is 0.407 e. The first kappa shape index (κ1) is 23.7. The molecule has 0 fully saturated rings. The molecule has 6 heteroatoms. The van der Waals surface area contributed by atoms with E-state index < -0.39 is 18.3 Å². The Bertz CT molecular complexity index is 1130. The smallest absolute Gasteiger partial charge is 0.407 e. The number of rotatable bonds is 9. The minimum absolute atomic E-state index is 0.0222. The van der Waals surface area contributed by atoms with Crippen LogP contribution in [0.15, 0.2) is 72.8 Å². The molecule has 2 unspecified atom stereocenters. The number of fused-ring (bicyclic) bond motifs is 3. The lowest BCUT2D eigenvalue weighted by molar-refractivity contribution is -0.116. The van der Waals surface area contributed by atoms with E-state index in [4.69, 9.17) is 4.74 Å². The summed E-state index contributed by atoms with van der Waals surface area (Å²) < 4.78 is 5.50. The zero-order valence-corrected chi connectivity index (χ0v) is 19.1. The third-order valence-corrected chi connectivity index (χ3v) is 6.23. The second-order valence-electron chi connectivity index (χ2n) is 8.63. The fourth-order valence-corrected chi connectivity index (χ4v) is 4.59. The predicted molar refractivity (Wildman–Crippen MR) is 129 cm³/mol. The van der Waals surface area contributed by atoms with Crippen molar-refractivity contribution in [2.75, 3.05) is 13.2 Å². The molecule has 176 valence electrons. The third-order valence-electron chi connectivity index (χ3n) is 6.23. The molecule has 1 aliphatic carbocycles. The molecule has 0 bridgehead atoms. The van der Waals surface area contributed by atoms with E-state index in [0.29, 0.717) is 11.1 Å². The van der Waals surface area contributed by atoms with Crippen LogP contribution in [0.25, 0.3) is 11.1 Å². The van der Waals surface area contributed by atoms with E-state index in [1.807, 2.05) is 24.3 Å². The van der Waals surface area contributed by atoms with Gasteiger partial charge in [0.05, 0.1) is 6.10 Å². The highest BCUT2D eigenvalue weighted by Crippen LogP contribution is 2.44. The normalized spacial score (nSPS) is 14.1. The molecule has 1 aliphatic rings. The van der Waals surface area contributed by atoms with Crippen LogP contribution in [0.2, 0.25) is 0 Å². The van der Waals surface area contributed by atoms with Gasteiger partial charge in [0.25, 0.3) is 0 Å². The zero-order valence-electron chi connectivity index (χ0n) is 19.1. The van der Waals surface area contributed by atoms with Gasteiger partial charge in [-0.3, -0.25) is 4.79 Å². The van der Waals surface area contributed by atoms with Crippen LogP contribution < -0.4 is 5.32 Å². The Morgan fingerprint density at radius 1 is 0.912 bits per heavy atom. The molecule has 0 heterocycles.